The third kappa shape index (κ3) is 16.1. The summed E-state index contributed by atoms with van der Waals surface area (Å²) in [6.07, 6.45) is 19.5. The standard InChI is InChI=1S/2C6H6N4.2C5H4N4O.2ClHO4.Cu/c2*1-2-8-5(7-1)6-9-3-4-10-6;2*10-4-1-2-6-5-7-3-8-9(4)5;2*2-1(3,4)5;/h2*1-4H,(H,7,8)(H,9,10);2*1-3H,(H,6,7,8);2*(H,2,3,4,5);/q;;;;;;+2/p-2. The molecule has 0 aliphatic rings. The van der Waals surface area contributed by atoms with Gasteiger partial charge < -0.3 is 19.9 Å². The summed E-state index contributed by atoms with van der Waals surface area (Å²) in [4.78, 5) is 64.8. The predicted octanol–water partition coefficient (Wildman–Crippen LogP) is -9.08. The van der Waals surface area contributed by atoms with Crippen LogP contribution in [0.3, 0.4) is 0 Å². The molecule has 0 bridgehead atoms. The minimum absolute atomic E-state index is 0. The van der Waals surface area contributed by atoms with Crippen LogP contribution in [0.1, 0.15) is 0 Å². The van der Waals surface area contributed by atoms with E-state index in [2.05, 4.69) is 70.0 Å². The molecule has 8 aromatic rings. The average molecular weight is 803 g/mol. The topological polar surface area (TPSA) is 425 Å². The van der Waals surface area contributed by atoms with Crippen molar-refractivity contribution in [2.75, 3.05) is 0 Å². The zero-order valence-corrected chi connectivity index (χ0v) is 27.1. The van der Waals surface area contributed by atoms with Crippen molar-refractivity contribution >= 4 is 11.6 Å². The molecular formula is C22H20Cl2CuN16O10. The van der Waals surface area contributed by atoms with Crippen LogP contribution in [0, 0.1) is 20.5 Å². The van der Waals surface area contributed by atoms with Crippen LogP contribution in [0.2, 0.25) is 0 Å². The summed E-state index contributed by atoms with van der Waals surface area (Å²) in [7, 11) is -9.89. The number of imidazole rings is 4. The molecule has 0 aromatic carbocycles. The van der Waals surface area contributed by atoms with Gasteiger partial charge in [-0.15, -0.1) is 20.5 Å². The van der Waals surface area contributed by atoms with Gasteiger partial charge in [-0.25, -0.2) is 77.1 Å². The molecule has 0 atom stereocenters. The van der Waals surface area contributed by atoms with Gasteiger partial charge in [0.15, 0.2) is 23.3 Å². The van der Waals surface area contributed by atoms with Gasteiger partial charge in [-0.1, -0.05) is 0 Å². The van der Waals surface area contributed by atoms with Gasteiger partial charge in [-0.05, 0) is 0 Å². The molecule has 8 aromatic heterocycles. The number of aromatic amines is 6. The monoisotopic (exact) mass is 801 g/mol. The van der Waals surface area contributed by atoms with Crippen molar-refractivity contribution < 1.29 is 74.8 Å². The van der Waals surface area contributed by atoms with Crippen LogP contribution in [0.5, 0.6) is 0 Å². The Morgan fingerprint density at radius 3 is 0.941 bits per heavy atom. The number of halogens is 2. The van der Waals surface area contributed by atoms with Crippen molar-refractivity contribution in [3.8, 4) is 23.3 Å². The van der Waals surface area contributed by atoms with E-state index in [0.29, 0.717) is 11.6 Å². The Labute approximate surface area is 295 Å². The van der Waals surface area contributed by atoms with E-state index in [9.17, 15) is 9.59 Å². The Balaban J connectivity index is 0.000000216. The largest absolute Gasteiger partial charge is 2.00 e. The maximum atomic E-state index is 10.9. The number of aromatic nitrogens is 16. The Kier molecular flexibility index (Phi) is 16.4. The van der Waals surface area contributed by atoms with Gasteiger partial charge in [-0.2, -0.15) is 9.03 Å². The average Bonchev–Trinajstić information content (AvgIpc) is 3.90. The van der Waals surface area contributed by atoms with E-state index >= 15 is 0 Å². The van der Waals surface area contributed by atoms with Crippen molar-refractivity contribution in [3.05, 3.63) is 107 Å². The van der Waals surface area contributed by atoms with Gasteiger partial charge in [0.2, 0.25) is 0 Å². The Hall–Kier alpha value is -5.68. The van der Waals surface area contributed by atoms with E-state index in [-0.39, 0.29) is 28.2 Å². The van der Waals surface area contributed by atoms with Gasteiger partial charge >= 0.3 is 17.1 Å². The molecule has 0 amide bonds. The predicted molar refractivity (Wildman–Crippen MR) is 140 cm³/mol. The molecule has 6 N–H and O–H groups in total. The first kappa shape index (κ1) is 41.5. The Bertz CT molecular complexity index is 1940. The van der Waals surface area contributed by atoms with Crippen molar-refractivity contribution in [3.63, 3.8) is 0 Å². The quantitative estimate of drug-likeness (QED) is 0.0884. The minimum atomic E-state index is -4.94. The first-order valence-corrected chi connectivity index (χ1v) is 15.1. The van der Waals surface area contributed by atoms with Gasteiger partial charge in [-0.3, -0.25) is 19.8 Å². The van der Waals surface area contributed by atoms with Crippen LogP contribution in [0.25, 0.3) is 34.9 Å². The van der Waals surface area contributed by atoms with Crippen LogP contribution in [-0.2, 0) is 17.1 Å². The third-order valence-electron chi connectivity index (χ3n) is 4.83. The molecule has 0 aliphatic carbocycles. The smallest absolute Gasteiger partial charge is 0.342 e. The van der Waals surface area contributed by atoms with Crippen LogP contribution >= 0.6 is 0 Å². The fraction of sp³-hybridized carbons (Fsp3) is 0. The van der Waals surface area contributed by atoms with E-state index in [1.165, 1.54) is 46.2 Å². The second-order valence-corrected chi connectivity index (χ2v) is 9.63. The number of rotatable bonds is 2. The fourth-order valence-electron chi connectivity index (χ4n) is 3.09. The van der Waals surface area contributed by atoms with E-state index in [4.69, 9.17) is 37.3 Å². The summed E-state index contributed by atoms with van der Waals surface area (Å²) in [5.41, 5.74) is -0.301. The van der Waals surface area contributed by atoms with Crippen molar-refractivity contribution in [2.45, 2.75) is 0 Å². The molecule has 0 saturated carbocycles. The number of hydrogen-bond acceptors (Lipinski definition) is 18. The van der Waals surface area contributed by atoms with Crippen molar-refractivity contribution in [2.24, 2.45) is 0 Å². The number of H-pyrrole nitrogens is 6. The molecule has 51 heavy (non-hydrogen) atoms. The molecule has 8 heterocycles. The van der Waals surface area contributed by atoms with Crippen molar-refractivity contribution in [1.82, 2.24) is 79.0 Å². The zero-order chi connectivity index (χ0) is 36.6. The first-order chi connectivity index (χ1) is 23.7. The van der Waals surface area contributed by atoms with Gasteiger partial charge in [0.1, 0.15) is 12.7 Å². The van der Waals surface area contributed by atoms with Crippen molar-refractivity contribution in [1.29, 1.82) is 0 Å². The molecule has 1 radical (unpaired) electrons. The maximum Gasteiger partial charge on any atom is 2.00 e. The van der Waals surface area contributed by atoms with E-state index < -0.39 is 20.5 Å². The first-order valence-electron chi connectivity index (χ1n) is 12.6. The number of hydrogen-bond donors (Lipinski definition) is 6. The molecule has 0 aliphatic heterocycles. The second-order valence-electron chi connectivity index (χ2n) is 8.12. The molecule has 0 saturated heterocycles. The minimum Gasteiger partial charge on any atom is -0.342 e. The van der Waals surface area contributed by atoms with Gasteiger partial charge in [0, 0.05) is 74.1 Å². The Morgan fingerprint density at radius 1 is 0.451 bits per heavy atom. The number of nitrogens with one attached hydrogen (secondary N) is 6. The summed E-state index contributed by atoms with van der Waals surface area (Å²) >= 11 is 0. The summed E-state index contributed by atoms with van der Waals surface area (Å²) in [6.45, 7) is 0. The van der Waals surface area contributed by atoms with Crippen LogP contribution in [-0.4, -0.2) is 79.0 Å². The summed E-state index contributed by atoms with van der Waals surface area (Å²) in [5, 5.41) is 5.24. The molecule has 0 fully saturated rings. The van der Waals surface area contributed by atoms with E-state index in [1.54, 1.807) is 49.6 Å². The summed E-state index contributed by atoms with van der Waals surface area (Å²) in [6, 6.07) is 2.73. The Morgan fingerprint density at radius 2 is 0.725 bits per heavy atom. The normalized spacial score (nSPS) is 10.4. The van der Waals surface area contributed by atoms with Crippen LogP contribution < -0.4 is 48.4 Å². The van der Waals surface area contributed by atoms with Crippen LogP contribution in [0.15, 0.2) is 96.3 Å². The maximum absolute atomic E-state index is 10.9. The summed E-state index contributed by atoms with van der Waals surface area (Å²) < 4.78 is 70.5. The molecule has 8 rings (SSSR count). The van der Waals surface area contributed by atoms with E-state index in [0.717, 1.165) is 23.3 Å². The molecule has 273 valence electrons. The SMILES string of the molecule is O=c1ccnc2nc[nH]n12.O=c1ccnc2nc[nH]n12.[Cu+2].[O-][Cl+3]([O-])([O-])[O-].[O-][Cl+3]([O-])([O-])[O-].c1c[nH]c(-c2ncc[nH]2)n1.c1c[nH]c(-c2ncc[nH]2)n1. The van der Waals surface area contributed by atoms with E-state index in [1.807, 2.05) is 0 Å². The fourth-order valence-corrected chi connectivity index (χ4v) is 3.09. The van der Waals surface area contributed by atoms with Gasteiger partial charge in [0.05, 0.1) is 0 Å². The number of nitrogens with zero attached hydrogens (tertiary/aromatic N) is 10. The second kappa shape index (κ2) is 20.1. The third-order valence-corrected chi connectivity index (χ3v) is 4.83. The molecule has 0 spiro atoms. The number of fused-ring (bicyclic) bond motifs is 2. The summed E-state index contributed by atoms with van der Waals surface area (Å²) in [5.74, 6) is 3.87. The molecule has 26 nitrogen and oxygen atoms in total. The molecular weight excluding hydrogens is 783 g/mol. The van der Waals surface area contributed by atoms with Gasteiger partial charge in [0.25, 0.3) is 22.7 Å². The molecule has 0 unspecified atom stereocenters. The van der Waals surface area contributed by atoms with Crippen LogP contribution in [0.4, 0.5) is 0 Å². The zero-order valence-electron chi connectivity index (χ0n) is 24.7. The molecule has 29 heteroatoms.